The van der Waals surface area contributed by atoms with Crippen LogP contribution in [0.15, 0.2) is 18.2 Å². The molecule has 7 nitrogen and oxygen atoms in total. The van der Waals surface area contributed by atoms with E-state index in [2.05, 4.69) is 5.32 Å². The lowest BCUT2D eigenvalue weighted by atomic mass is 10.1. The fourth-order valence-corrected chi connectivity index (χ4v) is 1.68. The van der Waals surface area contributed by atoms with E-state index in [0.29, 0.717) is 5.56 Å². The second kappa shape index (κ2) is 6.74. The van der Waals surface area contributed by atoms with E-state index in [-0.39, 0.29) is 23.7 Å². The summed E-state index contributed by atoms with van der Waals surface area (Å²) in [7, 11) is 4.65. The quantitative estimate of drug-likeness (QED) is 0.874. The van der Waals surface area contributed by atoms with Crippen molar-refractivity contribution in [2.75, 3.05) is 33.0 Å². The molecule has 0 unspecified atom stereocenters. The molecule has 0 aliphatic carbocycles. The molecule has 1 aromatic carbocycles. The summed E-state index contributed by atoms with van der Waals surface area (Å²) < 4.78 is 0. The predicted octanol–water partition coefficient (Wildman–Crippen LogP) is 1.25. The first kappa shape index (κ1) is 16.5. The van der Waals surface area contributed by atoms with Gasteiger partial charge in [0.2, 0.25) is 5.91 Å². The van der Waals surface area contributed by atoms with Crippen LogP contribution in [0.1, 0.15) is 15.9 Å². The Hall–Kier alpha value is -2.57. The second-order valence-electron chi connectivity index (χ2n) is 4.88. The molecule has 1 rings (SSSR count). The first-order chi connectivity index (χ1) is 9.73. The average molecular weight is 293 g/mol. The third kappa shape index (κ3) is 4.20. The van der Waals surface area contributed by atoms with Crippen LogP contribution in [0.25, 0.3) is 0 Å². The molecule has 1 aromatic rings. The summed E-state index contributed by atoms with van der Waals surface area (Å²) in [5.41, 5.74) is 0.794. The number of anilines is 1. The Morgan fingerprint density at radius 3 is 2.33 bits per heavy atom. The number of hydrogen-bond donors (Lipinski definition) is 2. The fourth-order valence-electron chi connectivity index (χ4n) is 1.68. The number of rotatable bonds is 4. The summed E-state index contributed by atoms with van der Waals surface area (Å²) >= 11 is 0. The molecule has 7 heteroatoms. The number of benzene rings is 1. The van der Waals surface area contributed by atoms with Crippen LogP contribution in [0.3, 0.4) is 0 Å². The van der Waals surface area contributed by atoms with Gasteiger partial charge in [0, 0.05) is 21.1 Å². The topological polar surface area (TPSA) is 90.0 Å². The summed E-state index contributed by atoms with van der Waals surface area (Å²) in [5, 5.41) is 11.7. The van der Waals surface area contributed by atoms with E-state index < -0.39 is 12.0 Å². The van der Waals surface area contributed by atoms with Crippen LogP contribution >= 0.6 is 0 Å². The van der Waals surface area contributed by atoms with E-state index in [9.17, 15) is 19.5 Å². The average Bonchev–Trinajstić information content (AvgIpc) is 2.37. The highest BCUT2D eigenvalue weighted by atomic mass is 16.4. The molecule has 0 fully saturated rings. The summed E-state index contributed by atoms with van der Waals surface area (Å²) in [6, 6.07) is 4.27. The monoisotopic (exact) mass is 293 g/mol. The maximum absolute atomic E-state index is 12.0. The minimum Gasteiger partial charge on any atom is -0.478 e. The third-order valence-corrected chi connectivity index (χ3v) is 2.95. The number of aromatic carboxylic acids is 1. The van der Waals surface area contributed by atoms with Gasteiger partial charge in [0.05, 0.1) is 11.3 Å². The van der Waals surface area contributed by atoms with Gasteiger partial charge in [-0.3, -0.25) is 4.79 Å². The van der Waals surface area contributed by atoms with Crippen molar-refractivity contribution < 1.29 is 19.5 Å². The van der Waals surface area contributed by atoms with Gasteiger partial charge in [-0.15, -0.1) is 0 Å². The van der Waals surface area contributed by atoms with Crippen molar-refractivity contribution in [3.8, 4) is 0 Å². The smallest absolute Gasteiger partial charge is 0.338 e. The van der Waals surface area contributed by atoms with Crippen LogP contribution in [0.4, 0.5) is 10.5 Å². The Kier molecular flexibility index (Phi) is 5.29. The normalized spacial score (nSPS) is 9.90. The van der Waals surface area contributed by atoms with Gasteiger partial charge in [0.25, 0.3) is 0 Å². The number of carboxylic acid groups (broad SMARTS) is 1. The highest BCUT2D eigenvalue weighted by Gasteiger charge is 2.18. The van der Waals surface area contributed by atoms with Crippen molar-refractivity contribution in [3.63, 3.8) is 0 Å². The van der Waals surface area contributed by atoms with Gasteiger partial charge in [-0.2, -0.15) is 0 Å². The zero-order chi connectivity index (χ0) is 16.2. The number of hydrogen-bond acceptors (Lipinski definition) is 3. The fraction of sp³-hybridized carbons (Fsp3) is 0.357. The number of urea groups is 1. The SMILES string of the molecule is Cc1cccc(NC(=O)N(C)CC(=O)N(C)C)c1C(=O)O. The van der Waals surface area contributed by atoms with Crippen LogP contribution in [0.5, 0.6) is 0 Å². The number of nitrogens with one attached hydrogen (secondary N) is 1. The van der Waals surface area contributed by atoms with Gasteiger partial charge >= 0.3 is 12.0 Å². The van der Waals surface area contributed by atoms with Gasteiger partial charge in [-0.05, 0) is 18.6 Å². The van der Waals surface area contributed by atoms with Crippen LogP contribution in [0, 0.1) is 6.92 Å². The van der Waals surface area contributed by atoms with Crippen LogP contribution in [-0.2, 0) is 4.79 Å². The Morgan fingerprint density at radius 1 is 1.19 bits per heavy atom. The number of aryl methyl sites for hydroxylation is 1. The highest BCUT2D eigenvalue weighted by molar-refractivity contribution is 6.01. The molecule has 0 radical (unpaired) electrons. The molecule has 0 bridgehead atoms. The lowest BCUT2D eigenvalue weighted by Gasteiger charge is -2.20. The van der Waals surface area contributed by atoms with Gasteiger partial charge in [-0.1, -0.05) is 12.1 Å². The number of carboxylic acids is 1. The molecule has 2 N–H and O–H groups in total. The minimum atomic E-state index is -1.12. The Morgan fingerprint density at radius 2 is 1.81 bits per heavy atom. The molecule has 3 amide bonds. The Labute approximate surface area is 123 Å². The maximum Gasteiger partial charge on any atom is 0.338 e. The van der Waals surface area contributed by atoms with Crippen molar-refractivity contribution in [2.45, 2.75) is 6.92 Å². The van der Waals surface area contributed by atoms with E-state index in [0.717, 1.165) is 0 Å². The van der Waals surface area contributed by atoms with Gasteiger partial charge in [-0.25, -0.2) is 9.59 Å². The third-order valence-electron chi connectivity index (χ3n) is 2.95. The zero-order valence-corrected chi connectivity index (χ0v) is 12.5. The molecular weight excluding hydrogens is 274 g/mol. The first-order valence-electron chi connectivity index (χ1n) is 6.29. The van der Waals surface area contributed by atoms with E-state index >= 15 is 0 Å². The number of nitrogens with zero attached hydrogens (tertiary/aromatic N) is 2. The number of carbonyl (C=O) groups excluding carboxylic acids is 2. The van der Waals surface area contributed by atoms with Crippen LogP contribution < -0.4 is 5.32 Å². The van der Waals surface area contributed by atoms with E-state index in [1.165, 1.54) is 22.9 Å². The molecule has 0 aliphatic heterocycles. The zero-order valence-electron chi connectivity index (χ0n) is 12.5. The molecule has 0 aromatic heterocycles. The van der Waals surface area contributed by atoms with Crippen molar-refractivity contribution >= 4 is 23.6 Å². The van der Waals surface area contributed by atoms with E-state index in [1.807, 2.05) is 0 Å². The van der Waals surface area contributed by atoms with Crippen LogP contribution in [0.2, 0.25) is 0 Å². The lowest BCUT2D eigenvalue weighted by molar-refractivity contribution is -0.129. The summed E-state index contributed by atoms with van der Waals surface area (Å²) in [5.74, 6) is -1.34. The molecule has 0 aliphatic rings. The maximum atomic E-state index is 12.0. The lowest BCUT2D eigenvalue weighted by Crippen LogP contribution is -2.40. The van der Waals surface area contributed by atoms with Gasteiger partial charge < -0.3 is 20.2 Å². The molecule has 0 spiro atoms. The van der Waals surface area contributed by atoms with Gasteiger partial charge in [0.15, 0.2) is 0 Å². The van der Waals surface area contributed by atoms with Gasteiger partial charge in [0.1, 0.15) is 6.54 Å². The number of amides is 3. The van der Waals surface area contributed by atoms with E-state index in [4.69, 9.17) is 0 Å². The van der Waals surface area contributed by atoms with E-state index in [1.54, 1.807) is 33.2 Å². The summed E-state index contributed by atoms with van der Waals surface area (Å²) in [6.07, 6.45) is 0. The Bertz CT molecular complexity index is 569. The Balaban J connectivity index is 2.87. The molecule has 114 valence electrons. The molecule has 0 heterocycles. The largest absolute Gasteiger partial charge is 0.478 e. The first-order valence-corrected chi connectivity index (χ1v) is 6.29. The minimum absolute atomic E-state index is 0.0400. The number of carbonyl (C=O) groups is 3. The molecule has 0 saturated carbocycles. The van der Waals surface area contributed by atoms with Crippen LogP contribution in [-0.4, -0.2) is 60.5 Å². The number of likely N-dealkylation sites (N-methyl/N-ethyl adjacent to an activating group) is 2. The standard InChI is InChI=1S/C14H19N3O4/c1-9-6-5-7-10(12(9)13(19)20)15-14(21)17(4)8-11(18)16(2)3/h5-7H,8H2,1-4H3,(H,15,21)(H,19,20). The van der Waals surface area contributed by atoms with Crippen molar-refractivity contribution in [2.24, 2.45) is 0 Å². The molecular formula is C14H19N3O4. The van der Waals surface area contributed by atoms with Crippen molar-refractivity contribution in [1.82, 2.24) is 9.80 Å². The highest BCUT2D eigenvalue weighted by Crippen LogP contribution is 2.19. The molecule has 21 heavy (non-hydrogen) atoms. The summed E-state index contributed by atoms with van der Waals surface area (Å²) in [6.45, 7) is 1.56. The second-order valence-corrected chi connectivity index (χ2v) is 4.88. The predicted molar refractivity (Wildman–Crippen MR) is 78.5 cm³/mol. The van der Waals surface area contributed by atoms with Crippen molar-refractivity contribution in [1.29, 1.82) is 0 Å². The molecule has 0 atom stereocenters. The van der Waals surface area contributed by atoms with Crippen molar-refractivity contribution in [3.05, 3.63) is 29.3 Å². The summed E-state index contributed by atoms with van der Waals surface area (Å²) in [4.78, 5) is 37.4. The molecule has 0 saturated heterocycles.